The molecule has 0 aliphatic heterocycles. The summed E-state index contributed by atoms with van der Waals surface area (Å²) >= 11 is 5.43. The monoisotopic (exact) mass is 221 g/mol. The van der Waals surface area contributed by atoms with Gasteiger partial charge in [-0.1, -0.05) is 0 Å². The fraction of sp³-hybridized carbons (Fsp3) is 0.429. The molecular formula is C7H9ClFN3O2. The van der Waals surface area contributed by atoms with E-state index in [9.17, 15) is 4.39 Å². The van der Waals surface area contributed by atoms with Gasteiger partial charge < -0.3 is 15.5 Å². The van der Waals surface area contributed by atoms with Crippen molar-refractivity contribution in [3.05, 3.63) is 17.3 Å². The highest BCUT2D eigenvalue weighted by atomic mass is 35.5. The van der Waals surface area contributed by atoms with Crippen LogP contribution in [0, 0.1) is 5.82 Å². The Hall–Kier alpha value is -0.980. The van der Waals surface area contributed by atoms with Crippen molar-refractivity contribution < 1.29 is 14.6 Å². The van der Waals surface area contributed by atoms with Crippen molar-refractivity contribution in [1.29, 1.82) is 0 Å². The molecule has 0 spiro atoms. The first-order valence-electron chi connectivity index (χ1n) is 3.83. The summed E-state index contributed by atoms with van der Waals surface area (Å²) in [6.45, 7) is -0.672. The second-order valence-corrected chi connectivity index (χ2v) is 2.88. The van der Waals surface area contributed by atoms with Gasteiger partial charge in [0.15, 0.2) is 11.6 Å². The normalized spacial score (nSPS) is 10.6. The third kappa shape index (κ3) is 2.76. The number of aromatic nitrogens is 2. The van der Waals surface area contributed by atoms with Crippen molar-refractivity contribution in [2.75, 3.05) is 18.5 Å². The maximum absolute atomic E-state index is 13.0. The topological polar surface area (TPSA) is 78.3 Å². The summed E-state index contributed by atoms with van der Waals surface area (Å²) in [5.41, 5.74) is 0. The minimum absolute atomic E-state index is 0.108. The Balaban J connectivity index is 2.79. The van der Waals surface area contributed by atoms with E-state index in [1.807, 2.05) is 0 Å². The number of hydrogen-bond acceptors (Lipinski definition) is 5. The second kappa shape index (κ2) is 5.04. The summed E-state index contributed by atoms with van der Waals surface area (Å²) in [6, 6.07) is -0.671. The van der Waals surface area contributed by atoms with Gasteiger partial charge in [-0.25, -0.2) is 9.37 Å². The van der Waals surface area contributed by atoms with Crippen LogP contribution in [0.5, 0.6) is 0 Å². The van der Waals surface area contributed by atoms with Crippen molar-refractivity contribution >= 4 is 17.4 Å². The van der Waals surface area contributed by atoms with E-state index >= 15 is 0 Å². The zero-order valence-electron chi connectivity index (χ0n) is 7.11. The first kappa shape index (κ1) is 11.1. The summed E-state index contributed by atoms with van der Waals surface area (Å²) in [6.07, 6.45) is 0.906. The minimum atomic E-state index is -0.693. The van der Waals surface area contributed by atoms with Crippen LogP contribution in [0.2, 0.25) is 5.28 Å². The summed E-state index contributed by atoms with van der Waals surface area (Å²) in [5.74, 6) is -0.834. The molecule has 5 nitrogen and oxygen atoms in total. The van der Waals surface area contributed by atoms with Gasteiger partial charge in [-0.3, -0.25) is 0 Å². The van der Waals surface area contributed by atoms with E-state index in [4.69, 9.17) is 21.8 Å². The molecule has 1 heterocycles. The van der Waals surface area contributed by atoms with Crippen LogP contribution in [-0.2, 0) is 0 Å². The standard InChI is InChI=1S/C7H9ClFN3O2/c8-7-10-1-5(9)6(12-7)11-4(2-13)3-14/h1,4,13-14H,2-3H2,(H,10,11,12). The molecule has 0 bridgehead atoms. The molecule has 0 unspecified atom stereocenters. The van der Waals surface area contributed by atoms with Gasteiger partial charge in [-0.2, -0.15) is 4.98 Å². The van der Waals surface area contributed by atoms with Crippen LogP contribution in [0.25, 0.3) is 0 Å². The second-order valence-electron chi connectivity index (χ2n) is 2.54. The maximum atomic E-state index is 13.0. The van der Waals surface area contributed by atoms with Crippen LogP contribution in [0.3, 0.4) is 0 Å². The average molecular weight is 222 g/mol. The number of rotatable bonds is 4. The SMILES string of the molecule is OCC(CO)Nc1nc(Cl)ncc1F. The van der Waals surface area contributed by atoms with E-state index in [1.165, 1.54) is 0 Å². The fourth-order valence-corrected chi connectivity index (χ4v) is 0.923. The predicted octanol–water partition coefficient (Wildman–Crippen LogP) is 0.0342. The summed E-state index contributed by atoms with van der Waals surface area (Å²) < 4.78 is 13.0. The largest absolute Gasteiger partial charge is 0.394 e. The van der Waals surface area contributed by atoms with Gasteiger partial charge in [-0.15, -0.1) is 0 Å². The van der Waals surface area contributed by atoms with Gasteiger partial charge >= 0.3 is 0 Å². The van der Waals surface area contributed by atoms with Gasteiger partial charge in [0.05, 0.1) is 25.5 Å². The summed E-state index contributed by atoms with van der Waals surface area (Å²) in [5, 5.41) is 19.8. The van der Waals surface area contributed by atoms with E-state index in [0.29, 0.717) is 0 Å². The molecule has 3 N–H and O–H groups in total. The molecule has 7 heteroatoms. The highest BCUT2D eigenvalue weighted by Crippen LogP contribution is 2.12. The van der Waals surface area contributed by atoms with Gasteiger partial charge in [0.25, 0.3) is 0 Å². The molecule has 1 rings (SSSR count). The van der Waals surface area contributed by atoms with Crippen molar-refractivity contribution in [2.24, 2.45) is 0 Å². The van der Waals surface area contributed by atoms with Crippen LogP contribution in [0.1, 0.15) is 0 Å². The van der Waals surface area contributed by atoms with Crippen LogP contribution in [0.4, 0.5) is 10.2 Å². The third-order valence-corrected chi connectivity index (χ3v) is 1.68. The van der Waals surface area contributed by atoms with Crippen molar-refractivity contribution in [2.45, 2.75) is 6.04 Å². The number of nitrogens with zero attached hydrogens (tertiary/aromatic N) is 2. The quantitative estimate of drug-likeness (QED) is 0.626. The zero-order valence-corrected chi connectivity index (χ0v) is 7.87. The van der Waals surface area contributed by atoms with Crippen molar-refractivity contribution in [3.8, 4) is 0 Å². The first-order chi connectivity index (χ1) is 6.67. The molecule has 0 aromatic carbocycles. The molecular weight excluding hydrogens is 213 g/mol. The van der Waals surface area contributed by atoms with Crippen LogP contribution >= 0.6 is 11.6 Å². The van der Waals surface area contributed by atoms with E-state index in [0.717, 1.165) is 6.20 Å². The van der Waals surface area contributed by atoms with Crippen molar-refractivity contribution in [3.63, 3.8) is 0 Å². The Labute approximate surface area is 84.6 Å². The lowest BCUT2D eigenvalue weighted by atomic mass is 10.3. The zero-order chi connectivity index (χ0) is 10.6. The fourth-order valence-electron chi connectivity index (χ4n) is 0.789. The molecule has 78 valence electrons. The smallest absolute Gasteiger partial charge is 0.224 e. The number of nitrogens with one attached hydrogen (secondary N) is 1. The van der Waals surface area contributed by atoms with E-state index in [1.54, 1.807) is 0 Å². The molecule has 1 aromatic heterocycles. The van der Waals surface area contributed by atoms with E-state index in [2.05, 4.69) is 15.3 Å². The third-order valence-electron chi connectivity index (χ3n) is 1.50. The van der Waals surface area contributed by atoms with Crippen LogP contribution in [-0.4, -0.2) is 39.4 Å². The van der Waals surface area contributed by atoms with Crippen LogP contribution in [0.15, 0.2) is 6.20 Å². The lowest BCUT2D eigenvalue weighted by molar-refractivity contribution is 0.203. The molecule has 0 aliphatic carbocycles. The molecule has 0 amide bonds. The average Bonchev–Trinajstić information content (AvgIpc) is 2.19. The Bertz CT molecular complexity index is 309. The lowest BCUT2D eigenvalue weighted by Gasteiger charge is -2.13. The molecule has 14 heavy (non-hydrogen) atoms. The number of aliphatic hydroxyl groups is 2. The van der Waals surface area contributed by atoms with Gasteiger partial charge in [0.1, 0.15) is 0 Å². The Morgan fingerprint density at radius 1 is 1.50 bits per heavy atom. The molecule has 0 saturated heterocycles. The first-order valence-corrected chi connectivity index (χ1v) is 4.21. The summed E-state index contributed by atoms with van der Waals surface area (Å²) in [7, 11) is 0. The summed E-state index contributed by atoms with van der Waals surface area (Å²) in [4.78, 5) is 6.97. The Kier molecular flexibility index (Phi) is 3.99. The highest BCUT2D eigenvalue weighted by molar-refractivity contribution is 6.28. The Morgan fingerprint density at radius 2 is 2.14 bits per heavy atom. The lowest BCUT2D eigenvalue weighted by Crippen LogP contribution is -2.28. The highest BCUT2D eigenvalue weighted by Gasteiger charge is 2.11. The number of anilines is 1. The number of halogens is 2. The molecule has 0 atom stereocenters. The number of hydrogen-bond donors (Lipinski definition) is 3. The minimum Gasteiger partial charge on any atom is -0.394 e. The molecule has 1 aromatic rings. The van der Waals surface area contributed by atoms with Gasteiger partial charge in [0, 0.05) is 0 Å². The molecule has 0 saturated carbocycles. The Morgan fingerprint density at radius 3 is 2.71 bits per heavy atom. The number of aliphatic hydroxyl groups excluding tert-OH is 2. The van der Waals surface area contributed by atoms with E-state index in [-0.39, 0.29) is 24.3 Å². The van der Waals surface area contributed by atoms with Gasteiger partial charge in [0.2, 0.25) is 5.28 Å². The molecule has 0 fully saturated rings. The molecule has 0 radical (unpaired) electrons. The maximum Gasteiger partial charge on any atom is 0.224 e. The van der Waals surface area contributed by atoms with Crippen molar-refractivity contribution in [1.82, 2.24) is 9.97 Å². The molecule has 0 aliphatic rings. The predicted molar refractivity (Wildman–Crippen MR) is 48.6 cm³/mol. The van der Waals surface area contributed by atoms with Crippen LogP contribution < -0.4 is 5.32 Å². The van der Waals surface area contributed by atoms with E-state index < -0.39 is 11.9 Å². The van der Waals surface area contributed by atoms with Gasteiger partial charge in [-0.05, 0) is 11.6 Å².